The number of piperidine rings is 1. The summed E-state index contributed by atoms with van der Waals surface area (Å²) in [5.41, 5.74) is 0.260. The summed E-state index contributed by atoms with van der Waals surface area (Å²) < 4.78 is 0. The van der Waals surface area contributed by atoms with Gasteiger partial charge in [-0.1, -0.05) is 11.6 Å². The van der Waals surface area contributed by atoms with Crippen LogP contribution in [0.15, 0.2) is 18.2 Å². The summed E-state index contributed by atoms with van der Waals surface area (Å²) in [6.45, 7) is 1.80. The SMILES string of the molecule is CN(C(=O)c1cc(Cl)ccc1O)C1CCCNC1. The number of hydrogen-bond donors (Lipinski definition) is 2. The topological polar surface area (TPSA) is 52.6 Å². The molecule has 98 valence electrons. The van der Waals surface area contributed by atoms with Gasteiger partial charge in [0, 0.05) is 24.7 Å². The molecule has 1 aromatic rings. The average molecular weight is 269 g/mol. The van der Waals surface area contributed by atoms with Crippen LogP contribution < -0.4 is 5.32 Å². The smallest absolute Gasteiger partial charge is 0.257 e. The number of likely N-dealkylation sites (N-methyl/N-ethyl adjacent to an activating group) is 1. The third-order valence-corrected chi connectivity index (χ3v) is 3.56. The Bertz CT molecular complexity index is 445. The minimum atomic E-state index is -0.191. The quantitative estimate of drug-likeness (QED) is 0.861. The predicted molar refractivity (Wildman–Crippen MR) is 71.1 cm³/mol. The van der Waals surface area contributed by atoms with Crippen LogP contribution in [0.5, 0.6) is 5.75 Å². The van der Waals surface area contributed by atoms with Gasteiger partial charge in [-0.25, -0.2) is 0 Å². The molecule has 5 heteroatoms. The maximum atomic E-state index is 12.3. The summed E-state index contributed by atoms with van der Waals surface area (Å²) in [5, 5.41) is 13.4. The fourth-order valence-electron chi connectivity index (χ4n) is 2.20. The molecule has 0 spiro atoms. The van der Waals surface area contributed by atoms with Crippen LogP contribution in [0.4, 0.5) is 0 Å². The molecule has 1 unspecified atom stereocenters. The van der Waals surface area contributed by atoms with Gasteiger partial charge in [0.05, 0.1) is 5.56 Å². The first kappa shape index (κ1) is 13.2. The van der Waals surface area contributed by atoms with Crippen LogP contribution in [0.25, 0.3) is 0 Å². The molecule has 1 heterocycles. The van der Waals surface area contributed by atoms with Crippen molar-refractivity contribution in [1.82, 2.24) is 10.2 Å². The number of rotatable bonds is 2. The van der Waals surface area contributed by atoms with Gasteiger partial charge in [0.1, 0.15) is 5.75 Å². The third kappa shape index (κ3) is 2.76. The van der Waals surface area contributed by atoms with Crippen LogP contribution in [0.3, 0.4) is 0 Å². The maximum absolute atomic E-state index is 12.3. The molecule has 0 saturated carbocycles. The molecule has 1 aromatic carbocycles. The number of phenolic OH excluding ortho intramolecular Hbond substituents is 1. The van der Waals surface area contributed by atoms with Gasteiger partial charge < -0.3 is 15.3 Å². The zero-order chi connectivity index (χ0) is 13.1. The Morgan fingerprint density at radius 2 is 2.33 bits per heavy atom. The molecule has 1 aliphatic heterocycles. The molecule has 2 rings (SSSR count). The van der Waals surface area contributed by atoms with Gasteiger partial charge in [-0.2, -0.15) is 0 Å². The molecule has 1 fully saturated rings. The van der Waals surface area contributed by atoms with Crippen LogP contribution in [0.2, 0.25) is 5.02 Å². The van der Waals surface area contributed by atoms with Crippen molar-refractivity contribution in [1.29, 1.82) is 0 Å². The normalized spacial score (nSPS) is 19.6. The van der Waals surface area contributed by atoms with Gasteiger partial charge >= 0.3 is 0 Å². The number of amides is 1. The number of nitrogens with one attached hydrogen (secondary N) is 1. The lowest BCUT2D eigenvalue weighted by molar-refractivity contribution is 0.0705. The van der Waals surface area contributed by atoms with E-state index in [4.69, 9.17) is 11.6 Å². The minimum absolute atomic E-state index is 0.0278. The van der Waals surface area contributed by atoms with Crippen molar-refractivity contribution in [3.63, 3.8) is 0 Å². The van der Waals surface area contributed by atoms with Gasteiger partial charge in [-0.05, 0) is 37.6 Å². The van der Waals surface area contributed by atoms with Crippen molar-refractivity contribution in [3.8, 4) is 5.75 Å². The molecular formula is C13H17ClN2O2. The van der Waals surface area contributed by atoms with Crippen LogP contribution in [-0.4, -0.2) is 42.1 Å². The van der Waals surface area contributed by atoms with Gasteiger partial charge in [0.15, 0.2) is 0 Å². The second-order valence-electron chi connectivity index (χ2n) is 4.58. The summed E-state index contributed by atoms with van der Waals surface area (Å²) in [7, 11) is 1.76. The first-order valence-corrected chi connectivity index (χ1v) is 6.44. The molecule has 0 aliphatic carbocycles. The number of aromatic hydroxyl groups is 1. The Kier molecular flexibility index (Phi) is 4.09. The molecule has 0 aromatic heterocycles. The minimum Gasteiger partial charge on any atom is -0.507 e. The zero-order valence-electron chi connectivity index (χ0n) is 10.3. The standard InChI is InChI=1S/C13H17ClN2O2/c1-16(10-3-2-6-15-8-10)13(18)11-7-9(14)4-5-12(11)17/h4-5,7,10,15,17H,2-3,6,8H2,1H3. The largest absolute Gasteiger partial charge is 0.507 e. The predicted octanol–water partition coefficient (Wildman–Crippen LogP) is 1.87. The van der Waals surface area contributed by atoms with Gasteiger partial charge in [-0.3, -0.25) is 4.79 Å². The molecular weight excluding hydrogens is 252 g/mol. The van der Waals surface area contributed by atoms with Gasteiger partial charge in [0.25, 0.3) is 5.91 Å². The van der Waals surface area contributed by atoms with Crippen molar-refractivity contribution >= 4 is 17.5 Å². The lowest BCUT2D eigenvalue weighted by Crippen LogP contribution is -2.46. The first-order valence-electron chi connectivity index (χ1n) is 6.06. The summed E-state index contributed by atoms with van der Waals surface area (Å²) >= 11 is 5.86. The lowest BCUT2D eigenvalue weighted by Gasteiger charge is -2.31. The molecule has 18 heavy (non-hydrogen) atoms. The van der Waals surface area contributed by atoms with E-state index in [1.807, 2.05) is 0 Å². The second kappa shape index (κ2) is 5.59. The van der Waals surface area contributed by atoms with E-state index in [1.165, 1.54) is 12.1 Å². The van der Waals surface area contributed by atoms with Crippen molar-refractivity contribution in [2.24, 2.45) is 0 Å². The van der Waals surface area contributed by atoms with Crippen molar-refractivity contribution in [2.75, 3.05) is 20.1 Å². The van der Waals surface area contributed by atoms with Crippen LogP contribution in [0, 0.1) is 0 Å². The van der Waals surface area contributed by atoms with E-state index in [9.17, 15) is 9.90 Å². The van der Waals surface area contributed by atoms with Crippen LogP contribution >= 0.6 is 11.6 Å². The summed E-state index contributed by atoms with van der Waals surface area (Å²) in [6, 6.07) is 4.69. The van der Waals surface area contributed by atoms with E-state index < -0.39 is 0 Å². The zero-order valence-corrected chi connectivity index (χ0v) is 11.1. The molecule has 4 nitrogen and oxygen atoms in total. The van der Waals surface area contributed by atoms with Gasteiger partial charge in [0.2, 0.25) is 0 Å². The summed E-state index contributed by atoms with van der Waals surface area (Å²) in [5.74, 6) is -0.219. The number of carbonyl (C=O) groups excluding carboxylic acids is 1. The summed E-state index contributed by atoms with van der Waals surface area (Å²) in [4.78, 5) is 14.0. The molecule has 2 N–H and O–H groups in total. The highest BCUT2D eigenvalue weighted by Gasteiger charge is 2.24. The Balaban J connectivity index is 2.16. The number of nitrogens with zero attached hydrogens (tertiary/aromatic N) is 1. The van der Waals surface area contributed by atoms with E-state index in [0.29, 0.717) is 5.02 Å². The van der Waals surface area contributed by atoms with E-state index in [0.717, 1.165) is 25.9 Å². The maximum Gasteiger partial charge on any atom is 0.257 e. The highest BCUT2D eigenvalue weighted by Crippen LogP contribution is 2.24. The monoisotopic (exact) mass is 268 g/mol. The number of benzene rings is 1. The Hall–Kier alpha value is -1.26. The van der Waals surface area contributed by atoms with Crippen molar-refractivity contribution in [2.45, 2.75) is 18.9 Å². The van der Waals surface area contributed by atoms with Crippen LogP contribution in [-0.2, 0) is 0 Å². The number of halogens is 1. The molecule has 0 bridgehead atoms. The number of carbonyl (C=O) groups is 1. The molecule has 1 aliphatic rings. The third-order valence-electron chi connectivity index (χ3n) is 3.33. The van der Waals surface area contributed by atoms with Crippen LogP contribution in [0.1, 0.15) is 23.2 Å². The molecule has 1 amide bonds. The first-order chi connectivity index (χ1) is 8.59. The highest BCUT2D eigenvalue weighted by molar-refractivity contribution is 6.31. The molecule has 1 saturated heterocycles. The highest BCUT2D eigenvalue weighted by atomic mass is 35.5. The Morgan fingerprint density at radius 3 is 3.00 bits per heavy atom. The fourth-order valence-corrected chi connectivity index (χ4v) is 2.37. The van der Waals surface area contributed by atoms with Crippen molar-refractivity contribution in [3.05, 3.63) is 28.8 Å². The van der Waals surface area contributed by atoms with E-state index >= 15 is 0 Å². The van der Waals surface area contributed by atoms with E-state index in [2.05, 4.69) is 5.32 Å². The number of hydrogen-bond acceptors (Lipinski definition) is 3. The average Bonchev–Trinajstić information content (AvgIpc) is 2.41. The fraction of sp³-hybridized carbons (Fsp3) is 0.462. The van der Waals surface area contributed by atoms with E-state index in [1.54, 1.807) is 18.0 Å². The second-order valence-corrected chi connectivity index (χ2v) is 5.01. The number of phenols is 1. The summed E-state index contributed by atoms with van der Waals surface area (Å²) in [6.07, 6.45) is 2.04. The van der Waals surface area contributed by atoms with E-state index in [-0.39, 0.29) is 23.3 Å². The van der Waals surface area contributed by atoms with Gasteiger partial charge in [-0.15, -0.1) is 0 Å². The lowest BCUT2D eigenvalue weighted by atomic mass is 10.0. The molecule has 1 atom stereocenters. The van der Waals surface area contributed by atoms with Crippen molar-refractivity contribution < 1.29 is 9.90 Å². The molecule has 0 radical (unpaired) electrons. The Morgan fingerprint density at radius 1 is 1.56 bits per heavy atom. The Labute approximate surface area is 112 Å².